The maximum atomic E-state index is 12.5. The second-order valence-corrected chi connectivity index (χ2v) is 3.13. The van der Waals surface area contributed by atoms with Gasteiger partial charge in [0.05, 0.1) is 18.2 Å². The van der Waals surface area contributed by atoms with Crippen LogP contribution in [0, 0.1) is 11.3 Å². The standard InChI is InChI=1S/C9H6F3NOS/c1-14-6-2-5(4-13)8(15)7(3-6)9(10,11)12/h2-3,15H,1H3. The van der Waals surface area contributed by atoms with Crippen molar-refractivity contribution in [2.75, 3.05) is 7.11 Å². The molecule has 0 aliphatic rings. The number of halogens is 3. The van der Waals surface area contributed by atoms with Gasteiger partial charge in [-0.05, 0) is 12.1 Å². The predicted molar refractivity (Wildman–Crippen MR) is 50.0 cm³/mol. The van der Waals surface area contributed by atoms with Crippen LogP contribution in [0.3, 0.4) is 0 Å². The minimum absolute atomic E-state index is 0.0170. The molecule has 0 aliphatic carbocycles. The second kappa shape index (κ2) is 4.03. The summed E-state index contributed by atoms with van der Waals surface area (Å²) < 4.78 is 42.1. The monoisotopic (exact) mass is 233 g/mol. The molecule has 0 spiro atoms. The number of nitrogens with zero attached hydrogens (tertiary/aromatic N) is 1. The van der Waals surface area contributed by atoms with Gasteiger partial charge in [-0.1, -0.05) is 0 Å². The van der Waals surface area contributed by atoms with Crippen molar-refractivity contribution in [3.63, 3.8) is 0 Å². The quantitative estimate of drug-likeness (QED) is 0.756. The third kappa shape index (κ3) is 2.36. The van der Waals surface area contributed by atoms with Crippen LogP contribution in [0.2, 0.25) is 0 Å². The van der Waals surface area contributed by atoms with E-state index in [2.05, 4.69) is 17.4 Å². The third-order valence-corrected chi connectivity index (χ3v) is 2.23. The number of ether oxygens (including phenoxy) is 1. The van der Waals surface area contributed by atoms with E-state index in [0.29, 0.717) is 0 Å². The summed E-state index contributed by atoms with van der Waals surface area (Å²) >= 11 is 3.67. The summed E-state index contributed by atoms with van der Waals surface area (Å²) in [5.41, 5.74) is -1.13. The van der Waals surface area contributed by atoms with Gasteiger partial charge in [0.2, 0.25) is 0 Å². The molecule has 0 aliphatic heterocycles. The van der Waals surface area contributed by atoms with Crippen molar-refractivity contribution in [1.82, 2.24) is 0 Å². The van der Waals surface area contributed by atoms with Crippen molar-refractivity contribution >= 4 is 12.6 Å². The largest absolute Gasteiger partial charge is 0.497 e. The van der Waals surface area contributed by atoms with Crippen LogP contribution >= 0.6 is 12.6 Å². The van der Waals surface area contributed by atoms with E-state index in [1.807, 2.05) is 0 Å². The van der Waals surface area contributed by atoms with Gasteiger partial charge in [-0.15, -0.1) is 12.6 Å². The van der Waals surface area contributed by atoms with Crippen molar-refractivity contribution in [2.24, 2.45) is 0 Å². The fraction of sp³-hybridized carbons (Fsp3) is 0.222. The van der Waals surface area contributed by atoms with Crippen molar-refractivity contribution in [3.05, 3.63) is 23.3 Å². The lowest BCUT2D eigenvalue weighted by Crippen LogP contribution is -2.07. The van der Waals surface area contributed by atoms with Crippen LogP contribution in [0.15, 0.2) is 17.0 Å². The minimum atomic E-state index is -4.54. The molecule has 0 amide bonds. The third-order valence-electron chi connectivity index (χ3n) is 1.74. The van der Waals surface area contributed by atoms with Gasteiger partial charge >= 0.3 is 6.18 Å². The van der Waals surface area contributed by atoms with Gasteiger partial charge in [0.1, 0.15) is 11.8 Å². The number of nitriles is 1. The first kappa shape index (κ1) is 11.7. The normalized spacial score (nSPS) is 10.9. The smallest absolute Gasteiger partial charge is 0.417 e. The topological polar surface area (TPSA) is 33.0 Å². The zero-order chi connectivity index (χ0) is 11.6. The predicted octanol–water partition coefficient (Wildman–Crippen LogP) is 2.87. The summed E-state index contributed by atoms with van der Waals surface area (Å²) in [6.45, 7) is 0. The molecule has 1 aromatic carbocycles. The summed E-state index contributed by atoms with van der Waals surface area (Å²) in [4.78, 5) is -0.384. The Hall–Kier alpha value is -1.35. The molecule has 0 radical (unpaired) electrons. The summed E-state index contributed by atoms with van der Waals surface area (Å²) in [6.07, 6.45) is -4.54. The van der Waals surface area contributed by atoms with Crippen molar-refractivity contribution in [2.45, 2.75) is 11.1 Å². The number of rotatable bonds is 1. The Bertz CT molecular complexity index is 423. The molecule has 0 N–H and O–H groups in total. The van der Waals surface area contributed by atoms with Crippen LogP contribution in [0.1, 0.15) is 11.1 Å². The van der Waals surface area contributed by atoms with E-state index >= 15 is 0 Å². The van der Waals surface area contributed by atoms with Crippen molar-refractivity contribution < 1.29 is 17.9 Å². The molecule has 80 valence electrons. The number of thiol groups is 1. The van der Waals surface area contributed by atoms with Crippen molar-refractivity contribution in [1.29, 1.82) is 5.26 Å². The highest BCUT2D eigenvalue weighted by Crippen LogP contribution is 2.37. The Morgan fingerprint density at radius 3 is 2.40 bits per heavy atom. The van der Waals surface area contributed by atoms with Crippen molar-refractivity contribution in [3.8, 4) is 11.8 Å². The number of hydrogen-bond donors (Lipinski definition) is 1. The van der Waals surface area contributed by atoms with E-state index in [9.17, 15) is 13.2 Å². The minimum Gasteiger partial charge on any atom is -0.497 e. The second-order valence-electron chi connectivity index (χ2n) is 2.68. The summed E-state index contributed by atoms with van der Waals surface area (Å²) in [5, 5.41) is 8.61. The number of benzene rings is 1. The van der Waals surface area contributed by atoms with Gasteiger partial charge in [0, 0.05) is 4.90 Å². The number of methoxy groups -OCH3 is 1. The Labute approximate surface area is 89.7 Å². The first-order chi connectivity index (χ1) is 6.90. The van der Waals surface area contributed by atoms with Gasteiger partial charge in [0.15, 0.2) is 0 Å². The van der Waals surface area contributed by atoms with Crippen LogP contribution in [0.25, 0.3) is 0 Å². The van der Waals surface area contributed by atoms with E-state index < -0.39 is 11.7 Å². The average molecular weight is 233 g/mol. The van der Waals surface area contributed by atoms with E-state index in [-0.39, 0.29) is 16.2 Å². The molecule has 1 rings (SSSR count). The molecule has 0 saturated heterocycles. The van der Waals surface area contributed by atoms with E-state index in [1.54, 1.807) is 6.07 Å². The van der Waals surface area contributed by atoms with E-state index in [1.165, 1.54) is 13.2 Å². The number of alkyl halides is 3. The van der Waals surface area contributed by atoms with Gasteiger partial charge in [-0.25, -0.2) is 0 Å². The first-order valence-electron chi connectivity index (χ1n) is 3.78. The van der Waals surface area contributed by atoms with Gasteiger partial charge in [-0.3, -0.25) is 0 Å². The van der Waals surface area contributed by atoms with E-state index in [0.717, 1.165) is 6.07 Å². The fourth-order valence-electron chi connectivity index (χ4n) is 1.03. The molecular weight excluding hydrogens is 227 g/mol. The number of hydrogen-bond acceptors (Lipinski definition) is 3. The molecule has 15 heavy (non-hydrogen) atoms. The zero-order valence-electron chi connectivity index (χ0n) is 7.59. The zero-order valence-corrected chi connectivity index (χ0v) is 8.49. The Balaban J connectivity index is 3.46. The average Bonchev–Trinajstić information content (AvgIpc) is 2.16. The Kier molecular flexibility index (Phi) is 3.15. The highest BCUT2D eigenvalue weighted by atomic mass is 32.1. The molecule has 0 saturated carbocycles. The molecule has 6 heteroatoms. The first-order valence-corrected chi connectivity index (χ1v) is 4.23. The lowest BCUT2D eigenvalue weighted by molar-refractivity contribution is -0.139. The Morgan fingerprint density at radius 1 is 1.40 bits per heavy atom. The summed E-state index contributed by atoms with van der Waals surface area (Å²) in [7, 11) is 1.23. The molecular formula is C9H6F3NOS. The summed E-state index contributed by atoms with van der Waals surface area (Å²) in [5.74, 6) is -0.0170. The Morgan fingerprint density at radius 2 is 2.00 bits per heavy atom. The SMILES string of the molecule is COc1cc(C#N)c(S)c(C(F)(F)F)c1. The highest BCUT2D eigenvalue weighted by Gasteiger charge is 2.34. The highest BCUT2D eigenvalue weighted by molar-refractivity contribution is 7.80. The molecule has 0 unspecified atom stereocenters. The lowest BCUT2D eigenvalue weighted by Gasteiger charge is -2.12. The van der Waals surface area contributed by atoms with Crippen LogP contribution in [-0.2, 0) is 6.18 Å². The molecule has 0 heterocycles. The maximum Gasteiger partial charge on any atom is 0.417 e. The molecule has 1 aromatic rings. The molecule has 0 aromatic heterocycles. The van der Waals surface area contributed by atoms with Crippen LogP contribution in [-0.4, -0.2) is 7.11 Å². The lowest BCUT2D eigenvalue weighted by atomic mass is 10.1. The van der Waals surface area contributed by atoms with Gasteiger partial charge in [-0.2, -0.15) is 18.4 Å². The summed E-state index contributed by atoms with van der Waals surface area (Å²) in [6, 6.07) is 3.64. The van der Waals surface area contributed by atoms with E-state index in [4.69, 9.17) is 5.26 Å². The fourth-order valence-corrected chi connectivity index (χ4v) is 1.33. The molecule has 0 bridgehead atoms. The van der Waals surface area contributed by atoms with Crippen LogP contribution < -0.4 is 4.74 Å². The van der Waals surface area contributed by atoms with Gasteiger partial charge in [0.25, 0.3) is 0 Å². The van der Waals surface area contributed by atoms with Crippen LogP contribution in [0.4, 0.5) is 13.2 Å². The molecule has 0 atom stereocenters. The molecule has 0 fully saturated rings. The molecule has 2 nitrogen and oxygen atoms in total. The van der Waals surface area contributed by atoms with Crippen LogP contribution in [0.5, 0.6) is 5.75 Å². The maximum absolute atomic E-state index is 12.5. The van der Waals surface area contributed by atoms with Gasteiger partial charge < -0.3 is 4.74 Å².